The molecule has 0 aromatic heterocycles. The summed E-state index contributed by atoms with van der Waals surface area (Å²) in [6.45, 7) is 1.17. The summed E-state index contributed by atoms with van der Waals surface area (Å²) in [5, 5.41) is 9.16. The lowest BCUT2D eigenvalue weighted by molar-refractivity contribution is 0.0982. The first-order valence-electron chi connectivity index (χ1n) is 6.45. The normalized spacial score (nSPS) is 27.7. The summed E-state index contributed by atoms with van der Waals surface area (Å²) in [5.41, 5.74) is 0. The van der Waals surface area contributed by atoms with Crippen LogP contribution in [0.5, 0.6) is 0 Å². The summed E-state index contributed by atoms with van der Waals surface area (Å²) in [5.74, 6) is 0. The molecule has 1 unspecified atom stereocenters. The second-order valence-corrected chi connectivity index (χ2v) is 4.83. The maximum Gasteiger partial charge on any atom is 0.0558 e. The molecule has 1 N–H and O–H groups in total. The number of aliphatic hydroxyl groups is 1. The Morgan fingerprint density at radius 1 is 1.13 bits per heavy atom. The van der Waals surface area contributed by atoms with Gasteiger partial charge in [0.05, 0.1) is 6.61 Å². The molecule has 1 fully saturated rings. The van der Waals surface area contributed by atoms with Gasteiger partial charge in [-0.05, 0) is 25.7 Å². The average Bonchev–Trinajstić information content (AvgIpc) is 2.80. The van der Waals surface area contributed by atoms with Crippen LogP contribution in [-0.4, -0.2) is 35.2 Å². The van der Waals surface area contributed by atoms with Gasteiger partial charge in [-0.2, -0.15) is 0 Å². The smallest absolute Gasteiger partial charge is 0.0558 e. The third-order valence-corrected chi connectivity index (χ3v) is 3.82. The number of nitrogens with zero attached hydrogens (tertiary/aromatic N) is 1. The number of aliphatic hydroxyl groups excluding tert-OH is 1. The van der Waals surface area contributed by atoms with E-state index in [1.807, 2.05) is 0 Å². The third kappa shape index (κ3) is 2.82. The largest absolute Gasteiger partial charge is 0.395 e. The van der Waals surface area contributed by atoms with Crippen LogP contribution in [0.3, 0.4) is 0 Å². The molecule has 1 atom stereocenters. The van der Waals surface area contributed by atoms with Gasteiger partial charge in [0.25, 0.3) is 0 Å². The van der Waals surface area contributed by atoms with Crippen LogP contribution >= 0.6 is 0 Å². The Labute approximate surface area is 93.0 Å². The van der Waals surface area contributed by atoms with Crippen LogP contribution in [0.1, 0.15) is 44.9 Å². The van der Waals surface area contributed by atoms with Crippen LogP contribution < -0.4 is 0 Å². The molecule has 0 bridgehead atoms. The summed E-state index contributed by atoms with van der Waals surface area (Å²) < 4.78 is 0. The lowest BCUT2D eigenvalue weighted by Gasteiger charge is -2.37. The number of rotatable bonds is 4. The minimum absolute atomic E-state index is 0.306. The molecule has 0 radical (unpaired) electrons. The fourth-order valence-corrected chi connectivity index (χ4v) is 3.04. The van der Waals surface area contributed by atoms with Crippen LogP contribution in [0.25, 0.3) is 0 Å². The zero-order valence-electron chi connectivity index (χ0n) is 9.57. The van der Waals surface area contributed by atoms with E-state index in [0.29, 0.717) is 12.6 Å². The lowest BCUT2D eigenvalue weighted by atomic mass is 9.93. The molecular weight excluding hydrogens is 186 g/mol. The van der Waals surface area contributed by atoms with Gasteiger partial charge in [-0.3, -0.25) is 4.90 Å². The Hall–Kier alpha value is -0.340. The van der Waals surface area contributed by atoms with Gasteiger partial charge in [-0.1, -0.05) is 31.4 Å². The lowest BCUT2D eigenvalue weighted by Crippen LogP contribution is -2.44. The van der Waals surface area contributed by atoms with Gasteiger partial charge in [-0.15, -0.1) is 0 Å². The summed E-state index contributed by atoms with van der Waals surface area (Å²) in [4.78, 5) is 2.54. The highest BCUT2D eigenvalue weighted by atomic mass is 16.3. The molecule has 15 heavy (non-hydrogen) atoms. The fraction of sp³-hybridized carbons (Fsp3) is 0.846. The van der Waals surface area contributed by atoms with Crippen molar-refractivity contribution in [3.63, 3.8) is 0 Å². The van der Waals surface area contributed by atoms with E-state index in [4.69, 9.17) is 5.11 Å². The molecule has 2 rings (SSSR count). The molecule has 0 heterocycles. The van der Waals surface area contributed by atoms with E-state index in [1.165, 1.54) is 44.9 Å². The predicted octanol–water partition coefficient (Wildman–Crippen LogP) is 2.33. The van der Waals surface area contributed by atoms with Crippen molar-refractivity contribution in [3.8, 4) is 0 Å². The van der Waals surface area contributed by atoms with Crippen molar-refractivity contribution >= 4 is 0 Å². The highest BCUT2D eigenvalue weighted by Crippen LogP contribution is 2.27. The van der Waals surface area contributed by atoms with Crippen molar-refractivity contribution in [2.45, 2.75) is 57.0 Å². The number of hydrogen-bond acceptors (Lipinski definition) is 2. The van der Waals surface area contributed by atoms with Gasteiger partial charge < -0.3 is 5.11 Å². The summed E-state index contributed by atoms with van der Waals surface area (Å²) in [7, 11) is 0. The van der Waals surface area contributed by atoms with Crippen LogP contribution in [0.4, 0.5) is 0 Å². The molecular formula is C13H23NO. The molecule has 0 amide bonds. The Morgan fingerprint density at radius 2 is 1.93 bits per heavy atom. The first-order valence-corrected chi connectivity index (χ1v) is 6.45. The zero-order valence-corrected chi connectivity index (χ0v) is 9.57. The highest BCUT2D eigenvalue weighted by molar-refractivity contribution is 5.03. The molecule has 0 spiro atoms. The van der Waals surface area contributed by atoms with Crippen molar-refractivity contribution in [2.24, 2.45) is 0 Å². The first-order chi connectivity index (χ1) is 7.42. The van der Waals surface area contributed by atoms with E-state index in [2.05, 4.69) is 17.1 Å². The highest BCUT2D eigenvalue weighted by Gasteiger charge is 2.26. The van der Waals surface area contributed by atoms with E-state index >= 15 is 0 Å². The van der Waals surface area contributed by atoms with Gasteiger partial charge in [0.2, 0.25) is 0 Å². The molecule has 0 saturated heterocycles. The van der Waals surface area contributed by atoms with Crippen molar-refractivity contribution in [1.82, 2.24) is 4.90 Å². The van der Waals surface area contributed by atoms with E-state index < -0.39 is 0 Å². The number of hydrogen-bond donors (Lipinski definition) is 1. The summed E-state index contributed by atoms with van der Waals surface area (Å²) >= 11 is 0. The summed E-state index contributed by atoms with van der Waals surface area (Å²) in [6, 6.07) is 1.35. The van der Waals surface area contributed by atoms with Crippen LogP contribution in [0, 0.1) is 0 Å². The SMILES string of the molecule is OCCN(C1C=CCC1)C1CCCCC1. The van der Waals surface area contributed by atoms with Gasteiger partial charge in [0.15, 0.2) is 0 Å². The second-order valence-electron chi connectivity index (χ2n) is 4.83. The quantitative estimate of drug-likeness (QED) is 0.718. The molecule has 0 aromatic rings. The van der Waals surface area contributed by atoms with Crippen molar-refractivity contribution in [2.75, 3.05) is 13.2 Å². The first kappa shape index (κ1) is 11.2. The van der Waals surface area contributed by atoms with E-state index in [9.17, 15) is 0 Å². The monoisotopic (exact) mass is 209 g/mol. The van der Waals surface area contributed by atoms with E-state index in [-0.39, 0.29) is 0 Å². The molecule has 1 saturated carbocycles. The van der Waals surface area contributed by atoms with Crippen molar-refractivity contribution in [3.05, 3.63) is 12.2 Å². The minimum atomic E-state index is 0.306. The van der Waals surface area contributed by atoms with E-state index in [1.54, 1.807) is 0 Å². The zero-order chi connectivity index (χ0) is 10.5. The van der Waals surface area contributed by atoms with Crippen LogP contribution in [0.15, 0.2) is 12.2 Å². The van der Waals surface area contributed by atoms with Gasteiger partial charge in [-0.25, -0.2) is 0 Å². The molecule has 0 aliphatic heterocycles. The van der Waals surface area contributed by atoms with Gasteiger partial charge in [0, 0.05) is 18.6 Å². The Bertz CT molecular complexity index is 209. The van der Waals surface area contributed by atoms with Gasteiger partial charge in [0.1, 0.15) is 0 Å². The summed E-state index contributed by atoms with van der Waals surface area (Å²) in [6.07, 6.45) is 13.9. The number of allylic oxidation sites excluding steroid dienone is 1. The predicted molar refractivity (Wildman–Crippen MR) is 62.8 cm³/mol. The average molecular weight is 209 g/mol. The van der Waals surface area contributed by atoms with Crippen molar-refractivity contribution in [1.29, 1.82) is 0 Å². The Kier molecular flexibility index (Phi) is 4.21. The molecule has 2 heteroatoms. The Balaban J connectivity index is 1.94. The van der Waals surface area contributed by atoms with Gasteiger partial charge >= 0.3 is 0 Å². The standard InChI is InChI=1S/C13H23NO/c15-11-10-14(13-8-4-5-9-13)12-6-2-1-3-7-12/h4,8,12-13,15H,1-3,5-7,9-11H2. The molecule has 2 aliphatic rings. The topological polar surface area (TPSA) is 23.5 Å². The van der Waals surface area contributed by atoms with Crippen LogP contribution in [-0.2, 0) is 0 Å². The molecule has 2 nitrogen and oxygen atoms in total. The minimum Gasteiger partial charge on any atom is -0.395 e. The Morgan fingerprint density at radius 3 is 2.53 bits per heavy atom. The third-order valence-electron chi connectivity index (χ3n) is 3.82. The maximum atomic E-state index is 9.16. The van der Waals surface area contributed by atoms with E-state index in [0.717, 1.165) is 12.6 Å². The molecule has 2 aliphatic carbocycles. The van der Waals surface area contributed by atoms with Crippen molar-refractivity contribution < 1.29 is 5.11 Å². The van der Waals surface area contributed by atoms with Crippen LogP contribution in [0.2, 0.25) is 0 Å². The maximum absolute atomic E-state index is 9.16. The molecule has 86 valence electrons. The second kappa shape index (κ2) is 5.66. The fourth-order valence-electron chi connectivity index (χ4n) is 3.04. The molecule has 0 aromatic carbocycles.